The topological polar surface area (TPSA) is 68.3 Å². The summed E-state index contributed by atoms with van der Waals surface area (Å²) in [6, 6.07) is 3.71. The van der Waals surface area contributed by atoms with Crippen LogP contribution >= 0.6 is 0 Å². The fraction of sp³-hybridized carbons (Fsp3) is 0.438. The quantitative estimate of drug-likeness (QED) is 0.430. The van der Waals surface area contributed by atoms with Crippen LogP contribution in [0.3, 0.4) is 0 Å². The van der Waals surface area contributed by atoms with Gasteiger partial charge in [-0.3, -0.25) is 14.6 Å². The van der Waals surface area contributed by atoms with Gasteiger partial charge in [-0.25, -0.2) is 0 Å². The van der Waals surface area contributed by atoms with Gasteiger partial charge in [-0.2, -0.15) is 0 Å². The summed E-state index contributed by atoms with van der Waals surface area (Å²) in [6.07, 6.45) is 10.8. The Morgan fingerprint density at radius 2 is 2.10 bits per heavy atom. The van der Waals surface area contributed by atoms with Gasteiger partial charge in [-0.1, -0.05) is 18.9 Å². The molecule has 5 heteroatoms. The highest BCUT2D eigenvalue weighted by Gasteiger charge is 1.99. The van der Waals surface area contributed by atoms with Crippen LogP contribution in [0.25, 0.3) is 6.08 Å². The molecule has 5 nitrogen and oxygen atoms in total. The number of esters is 1. The Kier molecular flexibility index (Phi) is 8.52. The van der Waals surface area contributed by atoms with Gasteiger partial charge < -0.3 is 10.1 Å². The number of amides is 1. The van der Waals surface area contributed by atoms with E-state index in [2.05, 4.69) is 15.0 Å². The third-order valence-corrected chi connectivity index (χ3v) is 2.95. The molecule has 0 bridgehead atoms. The number of nitrogens with zero attached hydrogens (tertiary/aromatic N) is 1. The zero-order valence-corrected chi connectivity index (χ0v) is 12.4. The number of hydrogen-bond acceptors (Lipinski definition) is 4. The van der Waals surface area contributed by atoms with Gasteiger partial charge in [-0.05, 0) is 30.5 Å². The molecule has 0 fully saturated rings. The largest absolute Gasteiger partial charge is 0.469 e. The first kappa shape index (κ1) is 16.9. The van der Waals surface area contributed by atoms with Crippen molar-refractivity contribution < 1.29 is 14.3 Å². The molecule has 0 saturated carbocycles. The molecule has 1 N–H and O–H groups in total. The van der Waals surface area contributed by atoms with Crippen LogP contribution in [0.15, 0.2) is 30.6 Å². The SMILES string of the molecule is COC(=O)CCCCCCNC(=O)/C=C/c1cccnc1. The molecule has 0 aromatic carbocycles. The van der Waals surface area contributed by atoms with Crippen molar-refractivity contribution in [2.24, 2.45) is 0 Å². The first-order valence-electron chi connectivity index (χ1n) is 7.15. The van der Waals surface area contributed by atoms with E-state index in [9.17, 15) is 9.59 Å². The lowest BCUT2D eigenvalue weighted by Gasteiger charge is -2.02. The molecular weight excluding hydrogens is 268 g/mol. The van der Waals surface area contributed by atoms with Crippen LogP contribution in [0.5, 0.6) is 0 Å². The highest BCUT2D eigenvalue weighted by molar-refractivity contribution is 5.91. The summed E-state index contributed by atoms with van der Waals surface area (Å²) in [6.45, 7) is 0.647. The number of pyridine rings is 1. The molecule has 0 spiro atoms. The summed E-state index contributed by atoms with van der Waals surface area (Å²) in [4.78, 5) is 26.4. The lowest BCUT2D eigenvalue weighted by Crippen LogP contribution is -2.21. The van der Waals surface area contributed by atoms with E-state index in [0.29, 0.717) is 13.0 Å². The highest BCUT2D eigenvalue weighted by Crippen LogP contribution is 2.03. The summed E-state index contributed by atoms with van der Waals surface area (Å²) < 4.78 is 4.56. The lowest BCUT2D eigenvalue weighted by atomic mass is 10.1. The van der Waals surface area contributed by atoms with E-state index in [4.69, 9.17) is 0 Å². The Labute approximate surface area is 125 Å². The Morgan fingerprint density at radius 3 is 2.81 bits per heavy atom. The summed E-state index contributed by atoms with van der Waals surface area (Å²) >= 11 is 0. The molecule has 0 unspecified atom stereocenters. The zero-order valence-electron chi connectivity index (χ0n) is 12.4. The molecule has 0 aliphatic rings. The van der Waals surface area contributed by atoms with Gasteiger partial charge in [-0.15, -0.1) is 0 Å². The number of aromatic nitrogens is 1. The molecule has 1 rings (SSSR count). The number of carbonyl (C=O) groups is 2. The molecular formula is C16H22N2O3. The van der Waals surface area contributed by atoms with Crippen molar-refractivity contribution in [3.05, 3.63) is 36.2 Å². The number of methoxy groups -OCH3 is 1. The molecule has 1 aromatic heterocycles. The van der Waals surface area contributed by atoms with E-state index in [1.54, 1.807) is 18.5 Å². The Bertz CT molecular complexity index is 458. The summed E-state index contributed by atoms with van der Waals surface area (Å²) in [5.74, 6) is -0.266. The Balaban J connectivity index is 2.04. The first-order valence-corrected chi connectivity index (χ1v) is 7.15. The minimum atomic E-state index is -0.163. The molecule has 1 aromatic rings. The number of nitrogens with one attached hydrogen (secondary N) is 1. The standard InChI is InChI=1S/C16H22N2O3/c1-21-16(20)8-4-2-3-5-12-18-15(19)10-9-14-7-6-11-17-13-14/h6-7,9-11,13H,2-5,8,12H2,1H3,(H,18,19)/b10-9+. The number of hydrogen-bond donors (Lipinski definition) is 1. The van der Waals surface area contributed by atoms with Gasteiger partial charge in [0.25, 0.3) is 0 Å². The van der Waals surface area contributed by atoms with E-state index in [1.807, 2.05) is 12.1 Å². The van der Waals surface area contributed by atoms with Crippen LogP contribution in [-0.2, 0) is 14.3 Å². The molecule has 0 atom stereocenters. The second kappa shape index (κ2) is 10.6. The van der Waals surface area contributed by atoms with Gasteiger partial charge in [0.1, 0.15) is 0 Å². The summed E-state index contributed by atoms with van der Waals surface area (Å²) in [5.41, 5.74) is 0.899. The summed E-state index contributed by atoms with van der Waals surface area (Å²) in [7, 11) is 1.40. The average molecular weight is 290 g/mol. The van der Waals surface area contributed by atoms with Crippen LogP contribution in [-0.4, -0.2) is 30.5 Å². The lowest BCUT2D eigenvalue weighted by molar-refractivity contribution is -0.140. The fourth-order valence-corrected chi connectivity index (χ4v) is 1.77. The smallest absolute Gasteiger partial charge is 0.305 e. The van der Waals surface area contributed by atoms with Crippen molar-refractivity contribution in [1.82, 2.24) is 10.3 Å². The Morgan fingerprint density at radius 1 is 1.29 bits per heavy atom. The van der Waals surface area contributed by atoms with Crippen LogP contribution in [0.1, 0.15) is 37.7 Å². The number of rotatable bonds is 9. The molecule has 0 aliphatic carbocycles. The second-order valence-corrected chi connectivity index (χ2v) is 4.65. The molecule has 1 heterocycles. The maximum absolute atomic E-state index is 11.6. The first-order chi connectivity index (χ1) is 10.2. The second-order valence-electron chi connectivity index (χ2n) is 4.65. The van der Waals surface area contributed by atoms with E-state index in [0.717, 1.165) is 31.2 Å². The molecule has 0 aliphatic heterocycles. The maximum atomic E-state index is 11.6. The van der Waals surface area contributed by atoms with Crippen LogP contribution < -0.4 is 5.32 Å². The van der Waals surface area contributed by atoms with Gasteiger partial charge in [0.2, 0.25) is 5.91 Å². The van der Waals surface area contributed by atoms with Crippen molar-refractivity contribution >= 4 is 18.0 Å². The van der Waals surface area contributed by atoms with Gasteiger partial charge >= 0.3 is 5.97 Å². The fourth-order valence-electron chi connectivity index (χ4n) is 1.77. The third kappa shape index (κ3) is 8.57. The molecule has 0 saturated heterocycles. The predicted molar refractivity (Wildman–Crippen MR) is 81.4 cm³/mol. The summed E-state index contributed by atoms with van der Waals surface area (Å²) in [5, 5.41) is 2.83. The molecule has 1 amide bonds. The monoisotopic (exact) mass is 290 g/mol. The zero-order chi connectivity index (χ0) is 15.3. The van der Waals surface area contributed by atoms with Crippen molar-refractivity contribution in [1.29, 1.82) is 0 Å². The number of unbranched alkanes of at least 4 members (excludes halogenated alkanes) is 3. The van der Waals surface area contributed by atoms with Crippen LogP contribution in [0, 0.1) is 0 Å². The average Bonchev–Trinajstić information content (AvgIpc) is 2.52. The van der Waals surface area contributed by atoms with E-state index in [1.165, 1.54) is 13.2 Å². The Hall–Kier alpha value is -2.17. The third-order valence-electron chi connectivity index (χ3n) is 2.95. The van der Waals surface area contributed by atoms with Crippen molar-refractivity contribution in [2.45, 2.75) is 32.1 Å². The molecule has 114 valence electrons. The van der Waals surface area contributed by atoms with Crippen molar-refractivity contribution in [3.8, 4) is 0 Å². The van der Waals surface area contributed by atoms with Gasteiger partial charge in [0.05, 0.1) is 7.11 Å². The maximum Gasteiger partial charge on any atom is 0.305 e. The molecule has 21 heavy (non-hydrogen) atoms. The van der Waals surface area contributed by atoms with E-state index < -0.39 is 0 Å². The van der Waals surface area contributed by atoms with Crippen molar-refractivity contribution in [3.63, 3.8) is 0 Å². The number of ether oxygens (including phenoxy) is 1. The minimum absolute atomic E-state index is 0.103. The normalized spacial score (nSPS) is 10.5. The van der Waals surface area contributed by atoms with Crippen molar-refractivity contribution in [2.75, 3.05) is 13.7 Å². The minimum Gasteiger partial charge on any atom is -0.469 e. The van der Waals surface area contributed by atoms with Gasteiger partial charge in [0.15, 0.2) is 0 Å². The predicted octanol–water partition coefficient (Wildman–Crippen LogP) is 2.33. The molecule has 0 radical (unpaired) electrons. The van der Waals surface area contributed by atoms with E-state index >= 15 is 0 Å². The van der Waals surface area contributed by atoms with E-state index in [-0.39, 0.29) is 11.9 Å². The van der Waals surface area contributed by atoms with Crippen LogP contribution in [0.4, 0.5) is 0 Å². The van der Waals surface area contributed by atoms with Crippen LogP contribution in [0.2, 0.25) is 0 Å². The highest BCUT2D eigenvalue weighted by atomic mass is 16.5. The number of carbonyl (C=O) groups excluding carboxylic acids is 2. The van der Waals surface area contributed by atoms with Gasteiger partial charge in [0, 0.05) is 31.4 Å².